The van der Waals surface area contributed by atoms with Crippen LogP contribution in [0.2, 0.25) is 0 Å². The molecule has 0 saturated heterocycles. The number of rotatable bonds is 2. The first-order valence-electron chi connectivity index (χ1n) is 5.37. The van der Waals surface area contributed by atoms with E-state index in [-0.39, 0.29) is 0 Å². The van der Waals surface area contributed by atoms with Gasteiger partial charge in [-0.3, -0.25) is 0 Å². The van der Waals surface area contributed by atoms with Crippen LogP contribution in [0.1, 0.15) is 11.3 Å². The molecule has 0 spiro atoms. The van der Waals surface area contributed by atoms with Gasteiger partial charge in [0.15, 0.2) is 0 Å². The molecule has 2 aromatic rings. The zero-order valence-electron chi connectivity index (χ0n) is 8.85. The highest BCUT2D eigenvalue weighted by Gasteiger charge is 2.19. The Kier molecular flexibility index (Phi) is 2.06. The van der Waals surface area contributed by atoms with E-state index in [0.29, 0.717) is 5.75 Å². The van der Waals surface area contributed by atoms with Crippen LogP contribution in [-0.4, -0.2) is 21.6 Å². The minimum Gasteiger partial charge on any atom is -0.508 e. The van der Waals surface area contributed by atoms with E-state index in [0.717, 1.165) is 30.9 Å². The van der Waals surface area contributed by atoms with Crippen LogP contribution in [0.15, 0.2) is 30.7 Å². The number of hydrogen-bond acceptors (Lipinski definition) is 3. The number of imidazole rings is 1. The van der Waals surface area contributed by atoms with E-state index in [1.807, 2.05) is 18.3 Å². The summed E-state index contributed by atoms with van der Waals surface area (Å²) in [7, 11) is 0. The molecule has 0 bridgehead atoms. The number of anilines is 1. The molecule has 16 heavy (non-hydrogen) atoms. The zero-order chi connectivity index (χ0) is 11.0. The maximum Gasteiger partial charge on any atom is 0.117 e. The third-order valence-corrected chi connectivity index (χ3v) is 2.97. The molecule has 1 aliphatic rings. The van der Waals surface area contributed by atoms with Gasteiger partial charge in [0.2, 0.25) is 0 Å². The fourth-order valence-corrected chi connectivity index (χ4v) is 2.17. The molecule has 82 valence electrons. The van der Waals surface area contributed by atoms with Crippen molar-refractivity contribution in [1.82, 2.24) is 9.97 Å². The Morgan fingerprint density at radius 1 is 1.44 bits per heavy atom. The number of phenols is 1. The zero-order valence-corrected chi connectivity index (χ0v) is 8.85. The van der Waals surface area contributed by atoms with Crippen molar-refractivity contribution >= 4 is 5.69 Å². The van der Waals surface area contributed by atoms with Gasteiger partial charge in [-0.1, -0.05) is 6.07 Å². The molecule has 0 amide bonds. The van der Waals surface area contributed by atoms with Crippen molar-refractivity contribution in [3.63, 3.8) is 0 Å². The van der Waals surface area contributed by atoms with Gasteiger partial charge < -0.3 is 15.0 Å². The molecule has 0 aliphatic carbocycles. The Balaban J connectivity index is 1.88. The van der Waals surface area contributed by atoms with Gasteiger partial charge >= 0.3 is 0 Å². The molecule has 0 radical (unpaired) electrons. The fourth-order valence-electron chi connectivity index (χ4n) is 2.17. The van der Waals surface area contributed by atoms with Gasteiger partial charge in [0.25, 0.3) is 0 Å². The summed E-state index contributed by atoms with van der Waals surface area (Å²) in [6.45, 7) is 1.78. The summed E-state index contributed by atoms with van der Waals surface area (Å²) >= 11 is 0. The largest absolute Gasteiger partial charge is 0.508 e. The lowest BCUT2D eigenvalue weighted by molar-refractivity contribution is 0.475. The van der Waals surface area contributed by atoms with E-state index < -0.39 is 0 Å². The number of nitrogens with one attached hydrogen (secondary N) is 1. The van der Waals surface area contributed by atoms with Crippen LogP contribution in [0.25, 0.3) is 0 Å². The maximum atomic E-state index is 9.49. The number of benzene rings is 1. The van der Waals surface area contributed by atoms with Crippen LogP contribution in [0.3, 0.4) is 0 Å². The predicted octanol–water partition coefficient (Wildman–Crippen LogP) is 1.68. The standard InChI is InChI=1S/C12H13N3O/c16-11-2-1-9-3-4-15(12(9)5-11)7-10-6-13-8-14-10/h1-2,5-6,8,16H,3-4,7H2,(H,13,14). The van der Waals surface area contributed by atoms with Crippen LogP contribution in [-0.2, 0) is 13.0 Å². The van der Waals surface area contributed by atoms with Crippen molar-refractivity contribution in [3.8, 4) is 5.75 Å². The van der Waals surface area contributed by atoms with Crippen molar-refractivity contribution in [2.75, 3.05) is 11.4 Å². The third kappa shape index (κ3) is 1.52. The summed E-state index contributed by atoms with van der Waals surface area (Å²) in [5, 5.41) is 9.49. The Bertz CT molecular complexity index is 493. The third-order valence-electron chi connectivity index (χ3n) is 2.97. The van der Waals surface area contributed by atoms with Gasteiger partial charge in [-0.2, -0.15) is 0 Å². The molecule has 1 aromatic carbocycles. The molecule has 0 fully saturated rings. The lowest BCUT2D eigenvalue weighted by Crippen LogP contribution is -2.19. The van der Waals surface area contributed by atoms with Crippen LogP contribution in [0.4, 0.5) is 5.69 Å². The Hall–Kier alpha value is -1.97. The number of phenolic OH excluding ortho intramolecular Hbond substituents is 1. The molecule has 2 heterocycles. The van der Waals surface area contributed by atoms with Gasteiger partial charge in [0.1, 0.15) is 5.75 Å². The summed E-state index contributed by atoms with van der Waals surface area (Å²) < 4.78 is 0. The summed E-state index contributed by atoms with van der Waals surface area (Å²) in [5.74, 6) is 0.327. The molecule has 0 unspecified atom stereocenters. The molecule has 0 atom stereocenters. The van der Waals surface area contributed by atoms with E-state index >= 15 is 0 Å². The Morgan fingerprint density at radius 3 is 3.19 bits per heavy atom. The van der Waals surface area contributed by atoms with Crippen LogP contribution in [0.5, 0.6) is 5.75 Å². The first kappa shape index (κ1) is 9.27. The minimum atomic E-state index is 0.327. The molecule has 1 aromatic heterocycles. The Morgan fingerprint density at radius 2 is 2.38 bits per heavy atom. The molecule has 4 nitrogen and oxygen atoms in total. The lowest BCUT2D eigenvalue weighted by atomic mass is 10.1. The number of aromatic nitrogens is 2. The van der Waals surface area contributed by atoms with Crippen molar-refractivity contribution < 1.29 is 5.11 Å². The van der Waals surface area contributed by atoms with Crippen LogP contribution >= 0.6 is 0 Å². The highest BCUT2D eigenvalue weighted by atomic mass is 16.3. The minimum absolute atomic E-state index is 0.327. The highest BCUT2D eigenvalue weighted by molar-refractivity contribution is 5.60. The van der Waals surface area contributed by atoms with Crippen molar-refractivity contribution in [3.05, 3.63) is 42.0 Å². The first-order chi connectivity index (χ1) is 7.83. The molecule has 4 heteroatoms. The van der Waals surface area contributed by atoms with E-state index in [9.17, 15) is 5.11 Å². The number of fused-ring (bicyclic) bond motifs is 1. The Labute approximate surface area is 93.6 Å². The molecule has 1 aliphatic heterocycles. The fraction of sp³-hybridized carbons (Fsp3) is 0.250. The number of nitrogens with zero attached hydrogens (tertiary/aromatic N) is 2. The summed E-state index contributed by atoms with van der Waals surface area (Å²) in [4.78, 5) is 9.41. The van der Waals surface area contributed by atoms with Gasteiger partial charge in [-0.25, -0.2) is 4.98 Å². The average Bonchev–Trinajstić information content (AvgIpc) is 2.90. The highest BCUT2D eigenvalue weighted by Crippen LogP contribution is 2.31. The predicted molar refractivity (Wildman–Crippen MR) is 61.4 cm³/mol. The second-order valence-electron chi connectivity index (χ2n) is 4.05. The monoisotopic (exact) mass is 215 g/mol. The average molecular weight is 215 g/mol. The van der Waals surface area contributed by atoms with E-state index in [1.54, 1.807) is 12.4 Å². The molecular formula is C12H13N3O. The summed E-state index contributed by atoms with van der Waals surface area (Å²) in [5.41, 5.74) is 3.45. The topological polar surface area (TPSA) is 52.1 Å². The molecule has 0 saturated carbocycles. The van der Waals surface area contributed by atoms with Gasteiger partial charge in [-0.05, 0) is 18.1 Å². The van der Waals surface area contributed by atoms with Gasteiger partial charge in [0.05, 0.1) is 18.6 Å². The van der Waals surface area contributed by atoms with Crippen LogP contribution in [0, 0.1) is 0 Å². The van der Waals surface area contributed by atoms with E-state index in [1.165, 1.54) is 5.56 Å². The second-order valence-corrected chi connectivity index (χ2v) is 4.05. The SMILES string of the molecule is Oc1ccc2c(c1)N(Cc1c[nH]cn1)CC2. The summed E-state index contributed by atoms with van der Waals surface area (Å²) in [6, 6.07) is 5.57. The van der Waals surface area contributed by atoms with Gasteiger partial charge in [0, 0.05) is 24.5 Å². The number of aromatic hydroxyl groups is 1. The molecule has 3 rings (SSSR count). The van der Waals surface area contributed by atoms with Crippen molar-refractivity contribution in [2.24, 2.45) is 0 Å². The molecule has 2 N–H and O–H groups in total. The first-order valence-corrected chi connectivity index (χ1v) is 5.37. The van der Waals surface area contributed by atoms with Crippen molar-refractivity contribution in [2.45, 2.75) is 13.0 Å². The lowest BCUT2D eigenvalue weighted by Gasteiger charge is -2.17. The smallest absolute Gasteiger partial charge is 0.117 e. The normalized spacial score (nSPS) is 14.1. The number of aromatic amines is 1. The maximum absolute atomic E-state index is 9.49. The van der Waals surface area contributed by atoms with Crippen molar-refractivity contribution in [1.29, 1.82) is 0 Å². The van der Waals surface area contributed by atoms with E-state index in [4.69, 9.17) is 0 Å². The van der Waals surface area contributed by atoms with Crippen LogP contribution < -0.4 is 4.90 Å². The number of H-pyrrole nitrogens is 1. The number of hydrogen-bond donors (Lipinski definition) is 2. The second kappa shape index (κ2) is 3.56. The summed E-state index contributed by atoms with van der Waals surface area (Å²) in [6.07, 6.45) is 4.63. The van der Waals surface area contributed by atoms with Gasteiger partial charge in [-0.15, -0.1) is 0 Å². The molecular weight excluding hydrogens is 202 g/mol. The van der Waals surface area contributed by atoms with E-state index in [2.05, 4.69) is 14.9 Å². The quantitative estimate of drug-likeness (QED) is 0.801.